The predicted molar refractivity (Wildman–Crippen MR) is 80.6 cm³/mol. The molecule has 114 valence electrons. The Labute approximate surface area is 123 Å². The Bertz CT molecular complexity index is 717. The zero-order valence-electron chi connectivity index (χ0n) is 12.3. The number of aromatic nitrogens is 2. The summed E-state index contributed by atoms with van der Waals surface area (Å²) in [5.74, 6) is -0.885. The van der Waals surface area contributed by atoms with Crippen molar-refractivity contribution in [2.75, 3.05) is 5.75 Å². The Morgan fingerprint density at radius 3 is 2.57 bits per heavy atom. The van der Waals surface area contributed by atoms with Gasteiger partial charge in [0.2, 0.25) is 20.9 Å². The lowest BCUT2D eigenvalue weighted by atomic mass is 10.1. The van der Waals surface area contributed by atoms with Crippen LogP contribution >= 0.6 is 0 Å². The van der Waals surface area contributed by atoms with E-state index >= 15 is 0 Å². The number of amides is 1. The minimum atomic E-state index is -3.77. The van der Waals surface area contributed by atoms with Crippen LogP contribution < -0.4 is 5.32 Å². The molecule has 2 aromatic rings. The molecule has 0 saturated carbocycles. The Balaban J connectivity index is 2.16. The molecule has 1 unspecified atom stereocenters. The molecule has 0 aliphatic carbocycles. The van der Waals surface area contributed by atoms with E-state index in [1.807, 2.05) is 20.8 Å². The van der Waals surface area contributed by atoms with E-state index in [1.165, 1.54) is 0 Å². The first-order valence-electron chi connectivity index (χ1n) is 6.76. The number of nitrogens with zero attached hydrogens (tertiary/aromatic N) is 1. The van der Waals surface area contributed by atoms with E-state index in [1.54, 1.807) is 24.3 Å². The number of hydrogen-bond donors (Lipinski definition) is 2. The van der Waals surface area contributed by atoms with E-state index < -0.39 is 21.5 Å². The van der Waals surface area contributed by atoms with Crippen LogP contribution in [0.1, 0.15) is 20.8 Å². The number of imidazole rings is 1. The lowest BCUT2D eigenvalue weighted by molar-refractivity contribution is -0.119. The fraction of sp³-hybridized carbons (Fsp3) is 0.429. The Hall–Kier alpha value is -1.89. The molecule has 0 bridgehead atoms. The zero-order valence-corrected chi connectivity index (χ0v) is 13.1. The standard InChI is InChI=1S/C14H19N3O3S/c1-9(2)10(3)15-13(18)8-21(19,20)14-16-11-6-4-5-7-12(11)17-14/h4-7,9-10H,8H2,1-3H3,(H,15,18)(H,16,17). The van der Waals surface area contributed by atoms with Gasteiger partial charge in [0.05, 0.1) is 11.0 Å². The van der Waals surface area contributed by atoms with Crippen LogP contribution in [0.25, 0.3) is 11.0 Å². The fourth-order valence-corrected chi connectivity index (χ4v) is 2.85. The lowest BCUT2D eigenvalue weighted by Crippen LogP contribution is -2.39. The number of para-hydroxylation sites is 2. The second-order valence-corrected chi connectivity index (χ2v) is 7.32. The summed E-state index contributed by atoms with van der Waals surface area (Å²) in [6.45, 7) is 5.76. The average Bonchev–Trinajstić information content (AvgIpc) is 2.82. The van der Waals surface area contributed by atoms with Crippen molar-refractivity contribution in [3.8, 4) is 0 Å². The highest BCUT2D eigenvalue weighted by molar-refractivity contribution is 7.91. The van der Waals surface area contributed by atoms with Crippen molar-refractivity contribution < 1.29 is 13.2 Å². The number of fused-ring (bicyclic) bond motifs is 1. The highest BCUT2D eigenvalue weighted by atomic mass is 32.2. The van der Waals surface area contributed by atoms with Crippen LogP contribution in [-0.4, -0.2) is 36.1 Å². The van der Waals surface area contributed by atoms with Gasteiger partial charge < -0.3 is 10.3 Å². The fourth-order valence-electron chi connectivity index (χ4n) is 1.78. The topological polar surface area (TPSA) is 91.9 Å². The minimum Gasteiger partial charge on any atom is -0.352 e. The van der Waals surface area contributed by atoms with Gasteiger partial charge in [-0.05, 0) is 25.0 Å². The summed E-state index contributed by atoms with van der Waals surface area (Å²) in [5.41, 5.74) is 1.19. The van der Waals surface area contributed by atoms with Crippen LogP contribution in [0.5, 0.6) is 0 Å². The van der Waals surface area contributed by atoms with Crippen molar-refractivity contribution in [3.63, 3.8) is 0 Å². The number of H-pyrrole nitrogens is 1. The number of nitrogens with one attached hydrogen (secondary N) is 2. The maximum atomic E-state index is 12.2. The SMILES string of the molecule is CC(C)C(C)NC(=O)CS(=O)(=O)c1nc2ccccc2[nH]1. The number of carbonyl (C=O) groups excluding carboxylic acids is 1. The van der Waals surface area contributed by atoms with Crippen LogP contribution in [0.4, 0.5) is 0 Å². The summed E-state index contributed by atoms with van der Waals surface area (Å²) in [4.78, 5) is 18.6. The van der Waals surface area contributed by atoms with Gasteiger partial charge in [-0.1, -0.05) is 26.0 Å². The minimum absolute atomic E-state index is 0.0802. The van der Waals surface area contributed by atoms with Crippen LogP contribution in [0.2, 0.25) is 0 Å². The van der Waals surface area contributed by atoms with Gasteiger partial charge in [-0.2, -0.15) is 0 Å². The van der Waals surface area contributed by atoms with Crippen LogP contribution in [0.15, 0.2) is 29.4 Å². The molecule has 1 heterocycles. The molecule has 0 radical (unpaired) electrons. The molecule has 0 aliphatic rings. The quantitative estimate of drug-likeness (QED) is 0.875. The first kappa shape index (κ1) is 15.5. The summed E-state index contributed by atoms with van der Waals surface area (Å²) in [5, 5.41) is 2.51. The predicted octanol–water partition coefficient (Wildman–Crippen LogP) is 1.50. The number of rotatable bonds is 5. The highest BCUT2D eigenvalue weighted by Gasteiger charge is 2.24. The Kier molecular flexibility index (Phi) is 4.32. The van der Waals surface area contributed by atoms with Crippen molar-refractivity contribution in [3.05, 3.63) is 24.3 Å². The van der Waals surface area contributed by atoms with Gasteiger partial charge in [-0.15, -0.1) is 0 Å². The van der Waals surface area contributed by atoms with Crippen molar-refractivity contribution in [2.45, 2.75) is 32.0 Å². The number of sulfone groups is 1. The maximum Gasteiger partial charge on any atom is 0.235 e. The molecule has 0 saturated heterocycles. The largest absolute Gasteiger partial charge is 0.352 e. The Morgan fingerprint density at radius 1 is 1.29 bits per heavy atom. The molecule has 6 nitrogen and oxygen atoms in total. The van der Waals surface area contributed by atoms with Crippen LogP contribution in [0.3, 0.4) is 0 Å². The third kappa shape index (κ3) is 3.60. The molecule has 2 rings (SSSR count). The second-order valence-electron chi connectivity index (χ2n) is 5.42. The highest BCUT2D eigenvalue weighted by Crippen LogP contribution is 2.15. The molecule has 2 N–H and O–H groups in total. The smallest absolute Gasteiger partial charge is 0.235 e. The summed E-state index contributed by atoms with van der Waals surface area (Å²) in [7, 11) is -3.77. The number of aromatic amines is 1. The molecule has 0 fully saturated rings. The van der Waals surface area contributed by atoms with Gasteiger partial charge >= 0.3 is 0 Å². The van der Waals surface area contributed by atoms with Gasteiger partial charge in [0.1, 0.15) is 5.75 Å². The first-order valence-corrected chi connectivity index (χ1v) is 8.41. The summed E-state index contributed by atoms with van der Waals surface area (Å²) >= 11 is 0. The van der Waals surface area contributed by atoms with Crippen molar-refractivity contribution in [2.24, 2.45) is 5.92 Å². The molecular formula is C14H19N3O3S. The van der Waals surface area contributed by atoms with Crippen molar-refractivity contribution in [1.82, 2.24) is 15.3 Å². The first-order chi connectivity index (χ1) is 9.79. The van der Waals surface area contributed by atoms with Crippen molar-refractivity contribution >= 4 is 26.8 Å². The van der Waals surface area contributed by atoms with E-state index in [4.69, 9.17) is 0 Å². The average molecular weight is 309 g/mol. The molecule has 1 aromatic carbocycles. The molecule has 1 aromatic heterocycles. The lowest BCUT2D eigenvalue weighted by Gasteiger charge is -2.17. The Morgan fingerprint density at radius 2 is 1.95 bits per heavy atom. The monoisotopic (exact) mass is 309 g/mol. The third-order valence-electron chi connectivity index (χ3n) is 3.37. The molecule has 7 heteroatoms. The van der Waals surface area contributed by atoms with Crippen LogP contribution in [-0.2, 0) is 14.6 Å². The molecular weight excluding hydrogens is 290 g/mol. The van der Waals surface area contributed by atoms with Gasteiger partial charge in [0.25, 0.3) is 0 Å². The molecule has 1 atom stereocenters. The van der Waals surface area contributed by atoms with E-state index in [9.17, 15) is 13.2 Å². The molecule has 1 amide bonds. The van der Waals surface area contributed by atoms with E-state index in [2.05, 4.69) is 15.3 Å². The summed E-state index contributed by atoms with van der Waals surface area (Å²) < 4.78 is 24.4. The van der Waals surface area contributed by atoms with E-state index in [0.717, 1.165) is 0 Å². The van der Waals surface area contributed by atoms with Gasteiger partial charge in [0.15, 0.2) is 0 Å². The van der Waals surface area contributed by atoms with E-state index in [0.29, 0.717) is 11.0 Å². The van der Waals surface area contributed by atoms with Gasteiger partial charge in [-0.25, -0.2) is 13.4 Å². The summed E-state index contributed by atoms with van der Waals surface area (Å²) in [6.07, 6.45) is 0. The van der Waals surface area contributed by atoms with Gasteiger partial charge in [0, 0.05) is 6.04 Å². The maximum absolute atomic E-state index is 12.2. The molecule has 21 heavy (non-hydrogen) atoms. The molecule has 0 spiro atoms. The second kappa shape index (κ2) is 5.85. The third-order valence-corrected chi connectivity index (χ3v) is 4.80. The zero-order chi connectivity index (χ0) is 15.6. The van der Waals surface area contributed by atoms with Gasteiger partial charge in [-0.3, -0.25) is 4.79 Å². The molecule has 0 aliphatic heterocycles. The van der Waals surface area contributed by atoms with Crippen LogP contribution in [0, 0.1) is 5.92 Å². The number of carbonyl (C=O) groups is 1. The van der Waals surface area contributed by atoms with E-state index in [-0.39, 0.29) is 17.1 Å². The normalized spacial score (nSPS) is 13.5. The van der Waals surface area contributed by atoms with Crippen molar-refractivity contribution in [1.29, 1.82) is 0 Å². The number of hydrogen-bond acceptors (Lipinski definition) is 4. The summed E-state index contributed by atoms with van der Waals surface area (Å²) in [6, 6.07) is 6.93. The number of benzene rings is 1.